The third-order valence-corrected chi connectivity index (χ3v) is 4.79. The number of halogens is 1. The second-order valence-electron chi connectivity index (χ2n) is 6.98. The summed E-state index contributed by atoms with van der Waals surface area (Å²) in [6.07, 6.45) is 3.96. The highest BCUT2D eigenvalue weighted by molar-refractivity contribution is 5.94. The molecule has 2 atom stereocenters. The lowest BCUT2D eigenvalue weighted by Gasteiger charge is -2.07. The number of hydrogen-bond acceptors (Lipinski definition) is 4. The number of nitrogens with zero attached hydrogens (tertiary/aromatic N) is 2. The quantitative estimate of drug-likeness (QED) is 0.626. The number of phenols is 1. The maximum absolute atomic E-state index is 13.3. The molecule has 4 rings (SSSR count). The van der Waals surface area contributed by atoms with Crippen molar-refractivity contribution in [2.75, 3.05) is 0 Å². The summed E-state index contributed by atoms with van der Waals surface area (Å²) in [6, 6.07) is 7.33. The maximum Gasteiger partial charge on any atom is 0.270 e. The van der Waals surface area contributed by atoms with Gasteiger partial charge < -0.3 is 15.7 Å². The smallest absolute Gasteiger partial charge is 0.270 e. The third kappa shape index (κ3) is 3.53. The molecule has 28 heavy (non-hydrogen) atoms. The van der Waals surface area contributed by atoms with E-state index in [-0.39, 0.29) is 30.3 Å². The molecule has 0 radical (unpaired) electrons. The lowest BCUT2D eigenvalue weighted by molar-refractivity contribution is -0.120. The lowest BCUT2D eigenvalue weighted by atomic mass is 10.1. The van der Waals surface area contributed by atoms with E-state index in [1.165, 1.54) is 18.3 Å². The minimum Gasteiger partial charge on any atom is -0.505 e. The molecule has 1 fully saturated rings. The summed E-state index contributed by atoms with van der Waals surface area (Å²) in [6.45, 7) is 1.93. The molecule has 1 saturated carbocycles. The fourth-order valence-electron chi connectivity index (χ4n) is 3.18. The van der Waals surface area contributed by atoms with E-state index in [2.05, 4.69) is 15.6 Å². The van der Waals surface area contributed by atoms with Crippen LogP contribution in [0, 0.1) is 12.7 Å². The Bertz CT molecular complexity index is 1080. The van der Waals surface area contributed by atoms with Crippen LogP contribution in [0.1, 0.15) is 28.0 Å². The van der Waals surface area contributed by atoms with Crippen LogP contribution in [-0.4, -0.2) is 38.4 Å². The van der Waals surface area contributed by atoms with Gasteiger partial charge in [-0.25, -0.2) is 9.37 Å². The van der Waals surface area contributed by atoms with Gasteiger partial charge in [0.15, 0.2) is 11.6 Å². The highest BCUT2D eigenvalue weighted by atomic mass is 19.1. The van der Waals surface area contributed by atoms with Crippen molar-refractivity contribution in [3.63, 3.8) is 0 Å². The summed E-state index contributed by atoms with van der Waals surface area (Å²) >= 11 is 0. The first-order valence-electron chi connectivity index (χ1n) is 8.92. The summed E-state index contributed by atoms with van der Waals surface area (Å²) in [7, 11) is 0. The summed E-state index contributed by atoms with van der Waals surface area (Å²) in [5.74, 6) is -1.72. The molecule has 0 aliphatic heterocycles. The summed E-state index contributed by atoms with van der Waals surface area (Å²) in [5.41, 5.74) is 2.61. The van der Waals surface area contributed by atoms with Crippen LogP contribution in [0.5, 0.6) is 5.75 Å². The van der Waals surface area contributed by atoms with E-state index in [0.717, 1.165) is 17.3 Å². The Balaban J connectivity index is 1.33. The Labute approximate surface area is 160 Å². The molecule has 0 saturated heterocycles. The van der Waals surface area contributed by atoms with Gasteiger partial charge in [0.1, 0.15) is 11.3 Å². The van der Waals surface area contributed by atoms with Gasteiger partial charge in [-0.3, -0.25) is 14.0 Å². The van der Waals surface area contributed by atoms with E-state index >= 15 is 0 Å². The number of pyridine rings is 1. The van der Waals surface area contributed by atoms with Crippen LogP contribution in [0.2, 0.25) is 0 Å². The van der Waals surface area contributed by atoms with Gasteiger partial charge in [0.2, 0.25) is 5.91 Å². The van der Waals surface area contributed by atoms with E-state index in [4.69, 9.17) is 0 Å². The molecular weight excluding hydrogens is 363 g/mol. The van der Waals surface area contributed by atoms with Crippen molar-refractivity contribution in [2.24, 2.45) is 0 Å². The molecule has 3 N–H and O–H groups in total. The molecule has 7 nitrogen and oxygen atoms in total. The normalized spacial score (nSPS) is 18.1. The van der Waals surface area contributed by atoms with Crippen LogP contribution in [0.25, 0.3) is 5.65 Å². The zero-order valence-corrected chi connectivity index (χ0v) is 15.1. The molecule has 2 amide bonds. The molecule has 8 heteroatoms. The predicted octanol–water partition coefficient (Wildman–Crippen LogP) is 1.72. The molecule has 1 aromatic carbocycles. The number of benzene rings is 1. The molecular formula is C20H19FN4O3. The van der Waals surface area contributed by atoms with Crippen LogP contribution < -0.4 is 10.6 Å². The molecule has 2 heterocycles. The van der Waals surface area contributed by atoms with Crippen molar-refractivity contribution in [1.82, 2.24) is 20.0 Å². The van der Waals surface area contributed by atoms with Gasteiger partial charge in [0.25, 0.3) is 5.91 Å². The number of phenolic OH excluding ortho intramolecular Hbond substituents is 1. The number of hydrogen-bond donors (Lipinski definition) is 3. The standard InChI is InChI=1S/C20H19FN4O3/c1-11-3-2-6-25-16(10-22-19(11)25)20(28)24-15-9-14(15)23-18(27)8-12-4-5-17(26)13(21)7-12/h2-7,10,14-15,26H,8-9H2,1H3,(H,23,27)(H,24,28)/t14-,15-/m0/s1. The molecule has 2 aromatic heterocycles. The van der Waals surface area contributed by atoms with Gasteiger partial charge in [0.05, 0.1) is 24.7 Å². The fraction of sp³-hybridized carbons (Fsp3) is 0.250. The maximum atomic E-state index is 13.3. The SMILES string of the molecule is Cc1cccn2c(C(=O)N[C@H]3C[C@@H]3NC(=O)Cc3ccc(O)c(F)c3)cnc12. The van der Waals surface area contributed by atoms with Crippen molar-refractivity contribution in [3.05, 3.63) is 65.4 Å². The van der Waals surface area contributed by atoms with E-state index in [9.17, 15) is 19.1 Å². The topological polar surface area (TPSA) is 95.7 Å². The predicted molar refractivity (Wildman–Crippen MR) is 99.5 cm³/mol. The summed E-state index contributed by atoms with van der Waals surface area (Å²) in [5, 5.41) is 14.9. The highest BCUT2D eigenvalue weighted by Crippen LogP contribution is 2.23. The lowest BCUT2D eigenvalue weighted by Crippen LogP contribution is -2.35. The number of aryl methyl sites for hydroxylation is 1. The molecule has 0 unspecified atom stereocenters. The van der Waals surface area contributed by atoms with E-state index in [0.29, 0.717) is 17.7 Å². The van der Waals surface area contributed by atoms with Crippen LogP contribution in [0.3, 0.4) is 0 Å². The Kier molecular flexibility index (Phi) is 4.46. The van der Waals surface area contributed by atoms with E-state index < -0.39 is 11.6 Å². The van der Waals surface area contributed by atoms with Crippen LogP contribution in [0.15, 0.2) is 42.7 Å². The van der Waals surface area contributed by atoms with Gasteiger partial charge in [-0.2, -0.15) is 0 Å². The molecule has 0 bridgehead atoms. The summed E-state index contributed by atoms with van der Waals surface area (Å²) in [4.78, 5) is 28.9. The number of imidazole rings is 1. The molecule has 3 aromatic rings. The second kappa shape index (κ2) is 6.95. The van der Waals surface area contributed by atoms with Crippen molar-refractivity contribution < 1.29 is 19.1 Å². The van der Waals surface area contributed by atoms with Crippen LogP contribution >= 0.6 is 0 Å². The van der Waals surface area contributed by atoms with Gasteiger partial charge in [0, 0.05) is 6.20 Å². The van der Waals surface area contributed by atoms with E-state index in [1.54, 1.807) is 10.6 Å². The van der Waals surface area contributed by atoms with Crippen molar-refractivity contribution >= 4 is 17.5 Å². The monoisotopic (exact) mass is 382 g/mol. The van der Waals surface area contributed by atoms with Gasteiger partial charge in [-0.05, 0) is 42.7 Å². The van der Waals surface area contributed by atoms with E-state index in [1.807, 2.05) is 19.1 Å². The summed E-state index contributed by atoms with van der Waals surface area (Å²) < 4.78 is 15.1. The Morgan fingerprint density at radius 2 is 2.07 bits per heavy atom. The van der Waals surface area contributed by atoms with Gasteiger partial charge >= 0.3 is 0 Å². The number of aromatic nitrogens is 2. The van der Waals surface area contributed by atoms with Crippen LogP contribution in [-0.2, 0) is 11.2 Å². The van der Waals surface area contributed by atoms with Crippen LogP contribution in [0.4, 0.5) is 4.39 Å². The van der Waals surface area contributed by atoms with Crippen molar-refractivity contribution in [2.45, 2.75) is 31.8 Å². The first kappa shape index (κ1) is 18.0. The van der Waals surface area contributed by atoms with Crippen molar-refractivity contribution in [1.29, 1.82) is 0 Å². The Morgan fingerprint density at radius 1 is 1.29 bits per heavy atom. The van der Waals surface area contributed by atoms with Gasteiger partial charge in [-0.15, -0.1) is 0 Å². The average Bonchev–Trinajstić information content (AvgIpc) is 3.20. The van der Waals surface area contributed by atoms with Gasteiger partial charge in [-0.1, -0.05) is 12.1 Å². The second-order valence-corrected chi connectivity index (χ2v) is 6.98. The minimum atomic E-state index is -0.759. The third-order valence-electron chi connectivity index (χ3n) is 4.79. The zero-order valence-electron chi connectivity index (χ0n) is 15.1. The number of fused-ring (bicyclic) bond motifs is 1. The molecule has 0 spiro atoms. The first-order chi connectivity index (χ1) is 13.4. The highest BCUT2D eigenvalue weighted by Gasteiger charge is 2.40. The first-order valence-corrected chi connectivity index (χ1v) is 8.92. The van der Waals surface area contributed by atoms with Crippen molar-refractivity contribution in [3.8, 4) is 5.75 Å². The number of carbonyl (C=O) groups excluding carboxylic acids is 2. The number of aromatic hydroxyl groups is 1. The Morgan fingerprint density at radius 3 is 2.86 bits per heavy atom. The number of amides is 2. The molecule has 1 aliphatic carbocycles. The fourth-order valence-corrected chi connectivity index (χ4v) is 3.18. The molecule has 1 aliphatic rings. The average molecular weight is 382 g/mol. The number of carbonyl (C=O) groups is 2. The largest absolute Gasteiger partial charge is 0.505 e. The number of nitrogens with one attached hydrogen (secondary N) is 2. The molecule has 144 valence electrons. The number of rotatable bonds is 5. The minimum absolute atomic E-state index is 0.000896. The Hall–Kier alpha value is -3.42. The zero-order chi connectivity index (χ0) is 19.8.